The fourth-order valence-corrected chi connectivity index (χ4v) is 1.62. The monoisotopic (exact) mass is 198 g/mol. The van der Waals surface area contributed by atoms with E-state index in [1.165, 1.54) is 7.11 Å². The third kappa shape index (κ3) is 2.65. The molecule has 0 amide bonds. The lowest BCUT2D eigenvalue weighted by Gasteiger charge is -2.15. The number of esters is 1. The van der Waals surface area contributed by atoms with Crippen LogP contribution in [0, 0.1) is 5.92 Å². The molecule has 1 aliphatic rings. The van der Waals surface area contributed by atoms with Crippen molar-refractivity contribution in [2.24, 2.45) is 5.92 Å². The summed E-state index contributed by atoms with van der Waals surface area (Å²) in [4.78, 5) is 33.7. The fourth-order valence-electron chi connectivity index (χ4n) is 1.62. The highest BCUT2D eigenvalue weighted by Gasteiger charge is 2.28. The lowest BCUT2D eigenvalue weighted by Crippen LogP contribution is -2.27. The number of hydrogen-bond donors (Lipinski definition) is 0. The second-order valence-corrected chi connectivity index (χ2v) is 3.47. The van der Waals surface area contributed by atoms with Crippen LogP contribution in [0.4, 0.5) is 0 Å². The Morgan fingerprint density at radius 1 is 1.29 bits per heavy atom. The number of Topliss-reactive ketones (excluding diaryl/α,β-unsaturated/α-hetero) is 2. The summed E-state index contributed by atoms with van der Waals surface area (Å²) in [6.07, 6.45) is 1.97. The number of carbonyl (C=O) groups excluding carboxylic acids is 3. The first-order chi connectivity index (χ1) is 6.65. The van der Waals surface area contributed by atoms with Crippen molar-refractivity contribution in [1.29, 1.82) is 0 Å². The van der Waals surface area contributed by atoms with Crippen LogP contribution in [0.25, 0.3) is 0 Å². The van der Waals surface area contributed by atoms with E-state index < -0.39 is 11.9 Å². The van der Waals surface area contributed by atoms with Crippen LogP contribution in [0.1, 0.15) is 32.1 Å². The SMILES string of the molecule is COC(=O)C1CCCC(=O)CCC1=O. The Balaban J connectivity index is 2.62. The van der Waals surface area contributed by atoms with Crippen molar-refractivity contribution < 1.29 is 19.1 Å². The normalized spacial score (nSPS) is 23.9. The van der Waals surface area contributed by atoms with Crippen LogP contribution >= 0.6 is 0 Å². The van der Waals surface area contributed by atoms with Gasteiger partial charge in [0.2, 0.25) is 0 Å². The van der Waals surface area contributed by atoms with Gasteiger partial charge in [-0.2, -0.15) is 0 Å². The standard InChI is InChI=1S/C10H14O4/c1-14-10(13)8-4-2-3-7(11)5-6-9(8)12/h8H,2-6H2,1H3. The van der Waals surface area contributed by atoms with Gasteiger partial charge in [0.15, 0.2) is 0 Å². The molecule has 0 heterocycles. The Labute approximate surface area is 82.6 Å². The van der Waals surface area contributed by atoms with Crippen molar-refractivity contribution in [1.82, 2.24) is 0 Å². The van der Waals surface area contributed by atoms with E-state index in [0.717, 1.165) is 0 Å². The topological polar surface area (TPSA) is 60.4 Å². The largest absolute Gasteiger partial charge is 0.468 e. The van der Waals surface area contributed by atoms with Crippen molar-refractivity contribution >= 4 is 17.5 Å². The summed E-state index contributed by atoms with van der Waals surface area (Å²) in [7, 11) is 1.28. The highest BCUT2D eigenvalue weighted by Crippen LogP contribution is 2.18. The Kier molecular flexibility index (Phi) is 3.80. The van der Waals surface area contributed by atoms with Gasteiger partial charge in [0, 0.05) is 19.3 Å². The predicted molar refractivity (Wildman–Crippen MR) is 48.6 cm³/mol. The van der Waals surface area contributed by atoms with Crippen molar-refractivity contribution in [3.05, 3.63) is 0 Å². The van der Waals surface area contributed by atoms with Gasteiger partial charge in [0.25, 0.3) is 0 Å². The van der Waals surface area contributed by atoms with E-state index in [0.29, 0.717) is 19.3 Å². The average molecular weight is 198 g/mol. The Morgan fingerprint density at radius 3 is 2.64 bits per heavy atom. The predicted octanol–water partition coefficient (Wildman–Crippen LogP) is 0.878. The van der Waals surface area contributed by atoms with E-state index >= 15 is 0 Å². The number of methoxy groups -OCH3 is 1. The van der Waals surface area contributed by atoms with Crippen LogP contribution in [-0.2, 0) is 19.1 Å². The van der Waals surface area contributed by atoms with E-state index in [-0.39, 0.29) is 24.4 Å². The van der Waals surface area contributed by atoms with Gasteiger partial charge in [-0.15, -0.1) is 0 Å². The minimum Gasteiger partial charge on any atom is -0.468 e. The highest BCUT2D eigenvalue weighted by atomic mass is 16.5. The van der Waals surface area contributed by atoms with Crippen molar-refractivity contribution in [2.75, 3.05) is 7.11 Å². The van der Waals surface area contributed by atoms with E-state index in [1.807, 2.05) is 0 Å². The maximum atomic E-state index is 11.5. The molecule has 1 unspecified atom stereocenters. The van der Waals surface area contributed by atoms with Gasteiger partial charge in [0.05, 0.1) is 7.11 Å². The molecule has 0 radical (unpaired) electrons. The van der Waals surface area contributed by atoms with Gasteiger partial charge in [-0.05, 0) is 12.8 Å². The molecule has 0 bridgehead atoms. The summed E-state index contributed by atoms with van der Waals surface area (Å²) in [5.74, 6) is -1.16. The minimum absolute atomic E-state index is 0.113. The summed E-state index contributed by atoms with van der Waals surface area (Å²) < 4.78 is 4.54. The molecule has 0 aromatic carbocycles. The van der Waals surface area contributed by atoms with Crippen LogP contribution in [0.2, 0.25) is 0 Å². The van der Waals surface area contributed by atoms with E-state index in [9.17, 15) is 14.4 Å². The van der Waals surface area contributed by atoms with E-state index in [4.69, 9.17) is 0 Å². The van der Waals surface area contributed by atoms with Crippen molar-refractivity contribution in [2.45, 2.75) is 32.1 Å². The van der Waals surface area contributed by atoms with Gasteiger partial charge >= 0.3 is 5.97 Å². The molecule has 4 nitrogen and oxygen atoms in total. The number of ketones is 2. The summed E-state index contributed by atoms with van der Waals surface area (Å²) in [6.45, 7) is 0. The first-order valence-corrected chi connectivity index (χ1v) is 4.77. The van der Waals surface area contributed by atoms with Gasteiger partial charge in [-0.3, -0.25) is 14.4 Å². The average Bonchev–Trinajstić information content (AvgIpc) is 2.17. The van der Waals surface area contributed by atoms with Gasteiger partial charge in [0.1, 0.15) is 17.5 Å². The zero-order valence-electron chi connectivity index (χ0n) is 8.25. The minimum atomic E-state index is -0.645. The number of carbonyl (C=O) groups is 3. The first kappa shape index (κ1) is 10.9. The first-order valence-electron chi connectivity index (χ1n) is 4.77. The molecule has 1 saturated carbocycles. The molecular weight excluding hydrogens is 184 g/mol. The Hall–Kier alpha value is -1.19. The Morgan fingerprint density at radius 2 is 2.00 bits per heavy atom. The maximum absolute atomic E-state index is 11.5. The fraction of sp³-hybridized carbons (Fsp3) is 0.700. The van der Waals surface area contributed by atoms with Crippen LogP contribution in [0.3, 0.4) is 0 Å². The summed E-state index contributed by atoms with van der Waals surface area (Å²) >= 11 is 0. The summed E-state index contributed by atoms with van der Waals surface area (Å²) in [6, 6.07) is 0. The second kappa shape index (κ2) is 4.88. The molecule has 0 N–H and O–H groups in total. The van der Waals surface area contributed by atoms with Gasteiger partial charge in [-0.25, -0.2) is 0 Å². The van der Waals surface area contributed by atoms with E-state index in [1.54, 1.807) is 0 Å². The molecule has 0 aromatic heterocycles. The molecule has 78 valence electrons. The molecule has 1 rings (SSSR count). The van der Waals surface area contributed by atoms with Crippen molar-refractivity contribution in [3.8, 4) is 0 Å². The molecule has 1 atom stereocenters. The van der Waals surface area contributed by atoms with Crippen molar-refractivity contribution in [3.63, 3.8) is 0 Å². The van der Waals surface area contributed by atoms with Gasteiger partial charge < -0.3 is 4.74 Å². The molecule has 4 heteroatoms. The Bertz CT molecular complexity index is 257. The number of hydrogen-bond acceptors (Lipinski definition) is 4. The lowest BCUT2D eigenvalue weighted by atomic mass is 9.89. The lowest BCUT2D eigenvalue weighted by molar-refractivity contribution is -0.150. The second-order valence-electron chi connectivity index (χ2n) is 3.47. The third-order valence-corrected chi connectivity index (χ3v) is 2.47. The molecule has 0 spiro atoms. The summed E-state index contributed by atoms with van der Waals surface area (Å²) in [5, 5.41) is 0. The molecule has 0 saturated heterocycles. The zero-order chi connectivity index (χ0) is 10.6. The molecule has 0 aromatic rings. The molecule has 0 aliphatic heterocycles. The molecular formula is C10H14O4. The van der Waals surface area contributed by atoms with E-state index in [2.05, 4.69) is 4.74 Å². The molecule has 1 fully saturated rings. The summed E-state index contributed by atoms with van der Waals surface area (Å²) in [5.41, 5.74) is 0. The molecule has 1 aliphatic carbocycles. The van der Waals surface area contributed by atoms with Crippen LogP contribution < -0.4 is 0 Å². The van der Waals surface area contributed by atoms with Crippen LogP contribution in [-0.4, -0.2) is 24.6 Å². The highest BCUT2D eigenvalue weighted by molar-refractivity contribution is 6.00. The third-order valence-electron chi connectivity index (χ3n) is 2.47. The van der Waals surface area contributed by atoms with Gasteiger partial charge in [-0.1, -0.05) is 0 Å². The number of rotatable bonds is 1. The number of ether oxygens (including phenoxy) is 1. The quantitative estimate of drug-likeness (QED) is 0.463. The maximum Gasteiger partial charge on any atom is 0.316 e. The zero-order valence-corrected chi connectivity index (χ0v) is 8.25. The van der Waals surface area contributed by atoms with Crippen LogP contribution in [0.15, 0.2) is 0 Å². The molecule has 14 heavy (non-hydrogen) atoms. The van der Waals surface area contributed by atoms with Crippen LogP contribution in [0.5, 0.6) is 0 Å². The smallest absolute Gasteiger partial charge is 0.316 e.